The Morgan fingerprint density at radius 3 is 2.49 bits per heavy atom. The topological polar surface area (TPSA) is 104 Å². The number of piperidine rings is 1. The average Bonchev–Trinajstić information content (AvgIpc) is 3.45. The fourth-order valence-electron chi connectivity index (χ4n) is 5.41. The van der Waals surface area contributed by atoms with Crippen LogP contribution in [0.3, 0.4) is 0 Å². The summed E-state index contributed by atoms with van der Waals surface area (Å²) in [6.45, 7) is 2.12. The average molecular weight is 535 g/mol. The molecule has 0 unspecified atom stereocenters. The van der Waals surface area contributed by atoms with Gasteiger partial charge in [0.15, 0.2) is 11.5 Å². The van der Waals surface area contributed by atoms with Gasteiger partial charge in [-0.2, -0.15) is 5.10 Å². The van der Waals surface area contributed by atoms with Gasteiger partial charge in [-0.15, -0.1) is 0 Å². The van der Waals surface area contributed by atoms with Gasteiger partial charge in [-0.3, -0.25) is 14.5 Å². The van der Waals surface area contributed by atoms with Crippen molar-refractivity contribution < 1.29 is 24.2 Å². The maximum atomic E-state index is 12.7. The second-order valence-corrected chi connectivity index (χ2v) is 10.6. The molecule has 39 heavy (non-hydrogen) atoms. The Morgan fingerprint density at radius 2 is 1.77 bits per heavy atom. The quantitative estimate of drug-likeness (QED) is 0.505. The maximum absolute atomic E-state index is 12.7. The number of ether oxygens (including phenoxy) is 2. The molecule has 2 aromatic rings. The number of carbonyl (C=O) groups is 2. The maximum Gasteiger partial charge on any atom is 0.243 e. The molecule has 2 N–H and O–H groups in total. The largest absolute Gasteiger partial charge is 0.493 e. The van der Waals surface area contributed by atoms with Crippen molar-refractivity contribution in [3.8, 4) is 11.5 Å². The zero-order valence-corrected chi connectivity index (χ0v) is 22.6. The minimum absolute atomic E-state index is 0.0151. The van der Waals surface area contributed by atoms with Crippen LogP contribution in [0.2, 0.25) is 0 Å². The molecule has 2 aliphatic heterocycles. The highest BCUT2D eigenvalue weighted by molar-refractivity contribution is 6.04. The standard InChI is InChI=1S/C30H38N4O5/c1-38-27-12-8-22(18-28(27)39-25-4-2-3-5-25)26-11-13-30(37)34(32-26)19-21-6-9-23(10-7-21)31-29(36)20-33-16-14-24(35)15-17-33/h6-10,12,18,24-25,35H,2-5,11,13-17,19-20H2,1H3,(H,31,36). The molecule has 1 saturated heterocycles. The van der Waals surface area contributed by atoms with E-state index in [1.807, 2.05) is 42.5 Å². The third-order valence-electron chi connectivity index (χ3n) is 7.69. The normalized spacial score (nSPS) is 19.2. The Bertz CT molecular complexity index is 1180. The minimum Gasteiger partial charge on any atom is -0.493 e. The van der Waals surface area contributed by atoms with Crippen LogP contribution in [-0.2, 0) is 16.1 Å². The number of methoxy groups -OCH3 is 1. The molecule has 1 aliphatic carbocycles. The van der Waals surface area contributed by atoms with Gasteiger partial charge in [-0.1, -0.05) is 12.1 Å². The number of carbonyl (C=O) groups excluding carboxylic acids is 2. The van der Waals surface area contributed by atoms with E-state index in [4.69, 9.17) is 14.6 Å². The third kappa shape index (κ3) is 7.16. The zero-order valence-electron chi connectivity index (χ0n) is 22.6. The number of benzene rings is 2. The molecule has 208 valence electrons. The Labute approximate surface area is 229 Å². The highest BCUT2D eigenvalue weighted by atomic mass is 16.5. The molecule has 2 heterocycles. The van der Waals surface area contributed by atoms with Crippen molar-refractivity contribution in [3.05, 3.63) is 53.6 Å². The van der Waals surface area contributed by atoms with E-state index in [1.165, 1.54) is 17.9 Å². The first-order chi connectivity index (χ1) is 19.0. The van der Waals surface area contributed by atoms with Gasteiger partial charge in [0.05, 0.1) is 38.1 Å². The third-order valence-corrected chi connectivity index (χ3v) is 7.69. The number of amides is 2. The van der Waals surface area contributed by atoms with Crippen molar-refractivity contribution in [1.82, 2.24) is 9.91 Å². The molecule has 0 aromatic heterocycles. The Balaban J connectivity index is 1.21. The Hall–Kier alpha value is -3.43. The van der Waals surface area contributed by atoms with Gasteiger partial charge in [-0.25, -0.2) is 5.01 Å². The first kappa shape index (κ1) is 27.1. The van der Waals surface area contributed by atoms with Crippen molar-refractivity contribution in [1.29, 1.82) is 0 Å². The van der Waals surface area contributed by atoms with Crippen LogP contribution in [0.25, 0.3) is 0 Å². The number of hydrogen-bond donors (Lipinski definition) is 2. The number of anilines is 1. The number of hydrazone groups is 1. The lowest BCUT2D eigenvalue weighted by Gasteiger charge is -2.28. The number of aliphatic hydroxyl groups excluding tert-OH is 1. The summed E-state index contributed by atoms with van der Waals surface area (Å²) in [5.41, 5.74) is 3.42. The van der Waals surface area contributed by atoms with Crippen LogP contribution in [0.15, 0.2) is 47.6 Å². The lowest BCUT2D eigenvalue weighted by atomic mass is 10.0. The molecule has 1 saturated carbocycles. The van der Waals surface area contributed by atoms with E-state index in [1.54, 1.807) is 7.11 Å². The van der Waals surface area contributed by atoms with Gasteiger partial charge >= 0.3 is 0 Å². The van der Waals surface area contributed by atoms with Crippen LogP contribution in [0.4, 0.5) is 5.69 Å². The Kier molecular flexibility index (Phi) is 8.78. The molecular formula is C30H38N4O5. The lowest BCUT2D eigenvalue weighted by Crippen LogP contribution is -2.40. The van der Waals surface area contributed by atoms with E-state index in [0.717, 1.165) is 48.5 Å². The molecule has 3 aliphatic rings. The van der Waals surface area contributed by atoms with Crippen LogP contribution in [-0.4, -0.2) is 71.5 Å². The van der Waals surface area contributed by atoms with Crippen molar-refractivity contribution in [2.45, 2.75) is 70.1 Å². The highest BCUT2D eigenvalue weighted by Gasteiger charge is 2.24. The molecule has 2 fully saturated rings. The second kappa shape index (κ2) is 12.6. The fraction of sp³-hybridized carbons (Fsp3) is 0.500. The molecule has 0 spiro atoms. The van der Waals surface area contributed by atoms with E-state index >= 15 is 0 Å². The highest BCUT2D eigenvalue weighted by Crippen LogP contribution is 2.33. The van der Waals surface area contributed by atoms with Gasteiger partial charge in [0.1, 0.15) is 0 Å². The van der Waals surface area contributed by atoms with Crippen molar-refractivity contribution in [2.24, 2.45) is 5.10 Å². The minimum atomic E-state index is -0.256. The van der Waals surface area contributed by atoms with Crippen LogP contribution in [0.5, 0.6) is 11.5 Å². The summed E-state index contributed by atoms with van der Waals surface area (Å²) >= 11 is 0. The molecule has 2 amide bonds. The summed E-state index contributed by atoms with van der Waals surface area (Å²) in [6.07, 6.45) is 6.83. The van der Waals surface area contributed by atoms with Gasteiger partial charge in [0.25, 0.3) is 0 Å². The molecule has 0 bridgehead atoms. The summed E-state index contributed by atoms with van der Waals surface area (Å²) in [6, 6.07) is 13.4. The van der Waals surface area contributed by atoms with Crippen molar-refractivity contribution in [2.75, 3.05) is 32.1 Å². The van der Waals surface area contributed by atoms with Crippen LogP contribution < -0.4 is 14.8 Å². The molecule has 2 aromatic carbocycles. The molecule has 5 rings (SSSR count). The molecule has 9 nitrogen and oxygen atoms in total. The summed E-state index contributed by atoms with van der Waals surface area (Å²) in [4.78, 5) is 27.2. The number of aliphatic hydroxyl groups is 1. The van der Waals surface area contributed by atoms with Crippen molar-refractivity contribution in [3.63, 3.8) is 0 Å². The number of nitrogens with one attached hydrogen (secondary N) is 1. The molecule has 0 atom stereocenters. The van der Waals surface area contributed by atoms with E-state index in [9.17, 15) is 14.7 Å². The first-order valence-electron chi connectivity index (χ1n) is 14.0. The molecule has 0 radical (unpaired) electrons. The molecular weight excluding hydrogens is 496 g/mol. The van der Waals surface area contributed by atoms with Crippen molar-refractivity contribution >= 4 is 23.2 Å². The van der Waals surface area contributed by atoms with Crippen LogP contribution >= 0.6 is 0 Å². The van der Waals surface area contributed by atoms with Gasteiger partial charge in [-0.05, 0) is 74.4 Å². The van der Waals surface area contributed by atoms with Gasteiger partial charge < -0.3 is 19.9 Å². The fourth-order valence-corrected chi connectivity index (χ4v) is 5.41. The number of hydrogen-bond acceptors (Lipinski definition) is 7. The van der Waals surface area contributed by atoms with Crippen LogP contribution in [0, 0.1) is 0 Å². The summed E-state index contributed by atoms with van der Waals surface area (Å²) in [5, 5.41) is 18.8. The van der Waals surface area contributed by atoms with Crippen LogP contribution in [0.1, 0.15) is 62.5 Å². The summed E-state index contributed by atoms with van der Waals surface area (Å²) in [5.74, 6) is 1.34. The first-order valence-corrected chi connectivity index (χ1v) is 14.0. The number of rotatable bonds is 9. The Morgan fingerprint density at radius 1 is 1.03 bits per heavy atom. The lowest BCUT2D eigenvalue weighted by molar-refractivity contribution is -0.132. The van der Waals surface area contributed by atoms with E-state index in [-0.39, 0.29) is 24.0 Å². The predicted octanol–water partition coefficient (Wildman–Crippen LogP) is 3.94. The smallest absolute Gasteiger partial charge is 0.243 e. The van der Waals surface area contributed by atoms with Gasteiger partial charge in [0, 0.05) is 37.2 Å². The zero-order chi connectivity index (χ0) is 27.2. The summed E-state index contributed by atoms with van der Waals surface area (Å²) in [7, 11) is 1.65. The van der Waals surface area contributed by atoms with E-state index in [0.29, 0.717) is 50.2 Å². The summed E-state index contributed by atoms with van der Waals surface area (Å²) < 4.78 is 11.8. The monoisotopic (exact) mass is 534 g/mol. The number of nitrogens with zero attached hydrogens (tertiary/aromatic N) is 3. The number of likely N-dealkylation sites (tertiary alicyclic amines) is 1. The predicted molar refractivity (Wildman–Crippen MR) is 149 cm³/mol. The van der Waals surface area contributed by atoms with E-state index < -0.39 is 0 Å². The van der Waals surface area contributed by atoms with E-state index in [2.05, 4.69) is 10.2 Å². The molecule has 9 heteroatoms. The SMILES string of the molecule is COc1ccc(C2=NN(Cc3ccc(NC(=O)CN4CCC(O)CC4)cc3)C(=O)CC2)cc1OC1CCCC1. The van der Waals surface area contributed by atoms with Gasteiger partial charge in [0.2, 0.25) is 11.8 Å². The second-order valence-electron chi connectivity index (χ2n) is 10.6.